The Kier molecular flexibility index (Phi) is 1.90. The van der Waals surface area contributed by atoms with Crippen LogP contribution >= 0.6 is 11.6 Å². The van der Waals surface area contributed by atoms with E-state index in [0.29, 0.717) is 5.76 Å². The van der Waals surface area contributed by atoms with Crippen molar-refractivity contribution in [2.45, 2.75) is 0 Å². The summed E-state index contributed by atoms with van der Waals surface area (Å²) in [6.45, 7) is 0. The van der Waals surface area contributed by atoms with E-state index in [-0.39, 0.29) is 11.5 Å². The molecule has 0 unspecified atom stereocenters. The zero-order chi connectivity index (χ0) is 9.26. The molecule has 0 radical (unpaired) electrons. The fourth-order valence-corrected chi connectivity index (χ4v) is 1.10. The van der Waals surface area contributed by atoms with Crippen LogP contribution in [0.4, 0.5) is 0 Å². The smallest absolute Gasteiger partial charge is 0.274 e. The number of hydrogen-bond donors (Lipinski definition) is 0. The Bertz CT molecular complexity index is 418. The molecule has 2 aromatic heterocycles. The van der Waals surface area contributed by atoms with Crippen LogP contribution in [0.5, 0.6) is 0 Å². The van der Waals surface area contributed by atoms with Crippen molar-refractivity contribution in [3.63, 3.8) is 0 Å². The Labute approximate surface area is 78.1 Å². The molecule has 0 aliphatic carbocycles. The third-order valence-corrected chi connectivity index (χ3v) is 1.68. The number of furan rings is 1. The van der Waals surface area contributed by atoms with Crippen LogP contribution in [-0.2, 0) is 0 Å². The zero-order valence-corrected chi connectivity index (χ0v) is 7.12. The number of rotatable bonds is 2. The lowest BCUT2D eigenvalue weighted by Crippen LogP contribution is -1.90. The maximum Gasteiger partial charge on any atom is 0.274 e. The minimum Gasteiger partial charge on any atom is -0.461 e. The highest BCUT2D eigenvalue weighted by molar-refractivity contribution is 6.67. The normalized spacial score (nSPS) is 10.2. The van der Waals surface area contributed by atoms with Gasteiger partial charge in [0.25, 0.3) is 5.24 Å². The fourth-order valence-electron chi connectivity index (χ4n) is 0.969. The van der Waals surface area contributed by atoms with Gasteiger partial charge in [0, 0.05) is 0 Å². The summed E-state index contributed by atoms with van der Waals surface area (Å²) >= 11 is 5.26. The summed E-state index contributed by atoms with van der Waals surface area (Å²) in [6.07, 6.45) is 2.62. The molecule has 0 atom stereocenters. The first-order valence-electron chi connectivity index (χ1n) is 3.46. The summed E-state index contributed by atoms with van der Waals surface area (Å²) < 4.78 is 9.98. The highest BCUT2D eigenvalue weighted by Crippen LogP contribution is 2.24. The number of hydrogen-bond acceptors (Lipinski definition) is 4. The van der Waals surface area contributed by atoms with Crippen molar-refractivity contribution in [1.29, 1.82) is 0 Å². The van der Waals surface area contributed by atoms with Crippen LogP contribution in [0.2, 0.25) is 0 Å². The molecular weight excluding hydrogens is 194 g/mol. The third-order valence-electron chi connectivity index (χ3n) is 1.50. The van der Waals surface area contributed by atoms with Gasteiger partial charge >= 0.3 is 0 Å². The molecule has 0 fully saturated rings. The number of nitrogens with zero attached hydrogens (tertiary/aromatic N) is 1. The van der Waals surface area contributed by atoms with E-state index in [1.807, 2.05) is 0 Å². The molecule has 0 aliphatic heterocycles. The van der Waals surface area contributed by atoms with Crippen LogP contribution < -0.4 is 0 Å². The van der Waals surface area contributed by atoms with Gasteiger partial charge in [0.1, 0.15) is 0 Å². The molecule has 0 bridgehead atoms. The Morgan fingerprint density at radius 1 is 1.46 bits per heavy atom. The van der Waals surface area contributed by atoms with E-state index in [9.17, 15) is 4.79 Å². The summed E-state index contributed by atoms with van der Waals surface area (Å²) in [5.74, 6) is 0.687. The molecular formula is C8H4ClNO3. The maximum absolute atomic E-state index is 10.8. The molecule has 0 aliphatic rings. The second-order valence-electron chi connectivity index (χ2n) is 2.28. The van der Waals surface area contributed by atoms with E-state index in [0.717, 1.165) is 6.39 Å². The summed E-state index contributed by atoms with van der Waals surface area (Å²) in [5.41, 5.74) is 0.0663. The Morgan fingerprint density at radius 3 is 2.92 bits per heavy atom. The number of carbonyl (C=O) groups excluding carboxylic acids is 1. The van der Waals surface area contributed by atoms with E-state index >= 15 is 0 Å². The Hall–Kier alpha value is -1.55. The van der Waals surface area contributed by atoms with Crippen LogP contribution in [0.25, 0.3) is 11.5 Å². The second kappa shape index (κ2) is 3.06. The molecule has 2 rings (SSSR count). The standard InChI is InChI=1S/C8H4ClNO3/c9-8(11)6-7(13-4-10-6)5-2-1-3-12-5/h1-4H. The fraction of sp³-hybridized carbons (Fsp3) is 0. The molecule has 13 heavy (non-hydrogen) atoms. The predicted octanol–water partition coefficient (Wildman–Crippen LogP) is 2.31. The first-order valence-corrected chi connectivity index (χ1v) is 3.84. The van der Waals surface area contributed by atoms with E-state index in [1.165, 1.54) is 6.26 Å². The molecule has 0 aromatic carbocycles. The van der Waals surface area contributed by atoms with E-state index in [4.69, 9.17) is 20.4 Å². The molecule has 4 nitrogen and oxygen atoms in total. The summed E-state index contributed by atoms with van der Waals surface area (Å²) in [5, 5.41) is -0.667. The van der Waals surface area contributed by atoms with Gasteiger partial charge in [-0.2, -0.15) is 0 Å². The minimum absolute atomic E-state index is 0.0663. The van der Waals surface area contributed by atoms with Crippen molar-refractivity contribution in [2.75, 3.05) is 0 Å². The molecule has 66 valence electrons. The Morgan fingerprint density at radius 2 is 2.31 bits per heavy atom. The quantitative estimate of drug-likeness (QED) is 0.694. The van der Waals surface area contributed by atoms with Crippen LogP contribution in [-0.4, -0.2) is 10.2 Å². The van der Waals surface area contributed by atoms with Gasteiger partial charge in [-0.05, 0) is 23.7 Å². The number of aromatic nitrogens is 1. The highest BCUT2D eigenvalue weighted by Gasteiger charge is 2.17. The van der Waals surface area contributed by atoms with E-state index in [1.54, 1.807) is 12.1 Å². The molecule has 5 heteroatoms. The third kappa shape index (κ3) is 1.36. The van der Waals surface area contributed by atoms with Gasteiger partial charge in [-0.1, -0.05) is 0 Å². The van der Waals surface area contributed by atoms with Crippen molar-refractivity contribution < 1.29 is 13.6 Å². The molecule has 0 N–H and O–H groups in total. The average Bonchev–Trinajstić information content (AvgIpc) is 2.74. The lowest BCUT2D eigenvalue weighted by Gasteiger charge is -1.90. The second-order valence-corrected chi connectivity index (χ2v) is 2.62. The minimum atomic E-state index is -0.667. The van der Waals surface area contributed by atoms with Gasteiger partial charge in [-0.25, -0.2) is 4.98 Å². The van der Waals surface area contributed by atoms with Crippen LogP contribution in [0, 0.1) is 0 Å². The molecule has 2 heterocycles. The SMILES string of the molecule is O=C(Cl)c1ncoc1-c1ccco1. The molecule has 2 aromatic rings. The van der Waals surface area contributed by atoms with Gasteiger partial charge in [0.15, 0.2) is 17.8 Å². The lowest BCUT2D eigenvalue weighted by molar-refractivity contribution is 0.107. The van der Waals surface area contributed by atoms with Crippen LogP contribution in [0.1, 0.15) is 10.5 Å². The zero-order valence-electron chi connectivity index (χ0n) is 6.36. The van der Waals surface area contributed by atoms with Gasteiger partial charge in [-0.3, -0.25) is 4.79 Å². The first kappa shape index (κ1) is 8.07. The summed E-state index contributed by atoms with van der Waals surface area (Å²) in [7, 11) is 0. The van der Waals surface area contributed by atoms with Gasteiger partial charge in [0.05, 0.1) is 6.26 Å². The van der Waals surface area contributed by atoms with Crippen molar-refractivity contribution in [1.82, 2.24) is 4.98 Å². The highest BCUT2D eigenvalue weighted by atomic mass is 35.5. The van der Waals surface area contributed by atoms with Crippen molar-refractivity contribution in [3.8, 4) is 11.5 Å². The van der Waals surface area contributed by atoms with Gasteiger partial charge < -0.3 is 8.83 Å². The predicted molar refractivity (Wildman–Crippen MR) is 44.4 cm³/mol. The van der Waals surface area contributed by atoms with Crippen LogP contribution in [0.3, 0.4) is 0 Å². The average molecular weight is 198 g/mol. The maximum atomic E-state index is 10.8. The molecule has 0 spiro atoms. The van der Waals surface area contributed by atoms with Gasteiger partial charge in [-0.15, -0.1) is 0 Å². The lowest BCUT2D eigenvalue weighted by atomic mass is 10.3. The van der Waals surface area contributed by atoms with Crippen molar-refractivity contribution in [2.24, 2.45) is 0 Å². The first-order chi connectivity index (χ1) is 6.29. The summed E-state index contributed by atoms with van der Waals surface area (Å²) in [4.78, 5) is 14.5. The largest absolute Gasteiger partial charge is 0.461 e. The molecule has 0 amide bonds. The molecule has 0 saturated carbocycles. The molecule has 0 saturated heterocycles. The summed E-state index contributed by atoms with van der Waals surface area (Å²) in [6, 6.07) is 3.34. The van der Waals surface area contributed by atoms with Crippen molar-refractivity contribution in [3.05, 3.63) is 30.5 Å². The van der Waals surface area contributed by atoms with Crippen LogP contribution in [0.15, 0.2) is 33.6 Å². The number of halogens is 1. The van der Waals surface area contributed by atoms with E-state index in [2.05, 4.69) is 4.98 Å². The van der Waals surface area contributed by atoms with Crippen molar-refractivity contribution >= 4 is 16.8 Å². The monoisotopic (exact) mass is 197 g/mol. The number of oxazole rings is 1. The van der Waals surface area contributed by atoms with Gasteiger partial charge in [0.2, 0.25) is 5.76 Å². The Balaban J connectivity index is 2.52. The number of carbonyl (C=O) groups is 1. The topological polar surface area (TPSA) is 56.2 Å². The van der Waals surface area contributed by atoms with E-state index < -0.39 is 5.24 Å².